The van der Waals surface area contributed by atoms with E-state index >= 15 is 0 Å². The van der Waals surface area contributed by atoms with Gasteiger partial charge in [-0.1, -0.05) is 35.9 Å². The third-order valence-corrected chi connectivity index (χ3v) is 4.98. The summed E-state index contributed by atoms with van der Waals surface area (Å²) in [5.41, 5.74) is 4.52. The molecule has 0 saturated carbocycles. The van der Waals surface area contributed by atoms with Crippen molar-refractivity contribution >= 4 is 39.9 Å². The van der Waals surface area contributed by atoms with E-state index in [1.54, 1.807) is 12.3 Å². The Morgan fingerprint density at radius 2 is 2.00 bits per heavy atom. The van der Waals surface area contributed by atoms with Crippen molar-refractivity contribution < 1.29 is 19.8 Å². The fraction of sp³-hybridized carbons (Fsp3) is 0.136. The maximum atomic E-state index is 11.3. The zero-order chi connectivity index (χ0) is 20.5. The number of pyridine rings is 1. The van der Waals surface area contributed by atoms with Crippen molar-refractivity contribution in [3.8, 4) is 5.75 Å². The number of aryl methyl sites for hydroxylation is 1. The SMILES string of the molecule is Cc1cccc(Cn2c3cncc(O)c3c3c(NC=O)c(CC(=O)O)ccc32)c1. The number of carboxylic acids is 1. The van der Waals surface area contributed by atoms with Crippen LogP contribution in [0.1, 0.15) is 16.7 Å². The van der Waals surface area contributed by atoms with E-state index in [1.807, 2.05) is 35.8 Å². The van der Waals surface area contributed by atoms with Crippen molar-refractivity contribution in [2.24, 2.45) is 0 Å². The molecule has 0 spiro atoms. The number of carbonyl (C=O) groups excluding carboxylic acids is 1. The summed E-state index contributed by atoms with van der Waals surface area (Å²) in [4.78, 5) is 26.7. The van der Waals surface area contributed by atoms with Gasteiger partial charge >= 0.3 is 5.97 Å². The van der Waals surface area contributed by atoms with Gasteiger partial charge in [0.05, 0.1) is 40.9 Å². The van der Waals surface area contributed by atoms with Gasteiger partial charge in [0.1, 0.15) is 5.75 Å². The number of hydrogen-bond donors (Lipinski definition) is 3. The Kier molecular flexibility index (Phi) is 4.64. The molecule has 0 unspecified atom stereocenters. The van der Waals surface area contributed by atoms with Gasteiger partial charge in [-0.3, -0.25) is 14.6 Å². The molecule has 0 aliphatic heterocycles. The predicted molar refractivity (Wildman–Crippen MR) is 110 cm³/mol. The molecule has 0 atom stereocenters. The summed E-state index contributed by atoms with van der Waals surface area (Å²) >= 11 is 0. The molecule has 2 aromatic heterocycles. The molecule has 0 saturated heterocycles. The first kappa shape index (κ1) is 18.5. The molecule has 4 rings (SSSR count). The van der Waals surface area contributed by atoms with Crippen molar-refractivity contribution in [2.75, 3.05) is 5.32 Å². The minimum absolute atomic E-state index is 0.0306. The number of amides is 1. The minimum Gasteiger partial charge on any atom is -0.506 e. The molecule has 146 valence electrons. The first-order chi connectivity index (χ1) is 14.0. The van der Waals surface area contributed by atoms with Gasteiger partial charge in [-0.25, -0.2) is 0 Å². The average molecular weight is 389 g/mol. The van der Waals surface area contributed by atoms with E-state index < -0.39 is 5.97 Å². The van der Waals surface area contributed by atoms with Crippen LogP contribution in [0.25, 0.3) is 21.8 Å². The Balaban J connectivity index is 2.05. The highest BCUT2D eigenvalue weighted by Gasteiger charge is 2.20. The third kappa shape index (κ3) is 3.27. The van der Waals surface area contributed by atoms with Gasteiger partial charge in [0.15, 0.2) is 0 Å². The average Bonchev–Trinajstić information content (AvgIpc) is 2.99. The van der Waals surface area contributed by atoms with Crippen molar-refractivity contribution in [3.05, 3.63) is 65.5 Å². The summed E-state index contributed by atoms with van der Waals surface area (Å²) in [6.07, 6.45) is 3.27. The quantitative estimate of drug-likeness (QED) is 0.438. The molecular weight excluding hydrogens is 370 g/mol. The van der Waals surface area contributed by atoms with Crippen LogP contribution in [0.15, 0.2) is 48.8 Å². The Morgan fingerprint density at radius 1 is 1.17 bits per heavy atom. The van der Waals surface area contributed by atoms with E-state index in [0.717, 1.165) is 16.6 Å². The van der Waals surface area contributed by atoms with Crippen molar-refractivity contribution in [1.29, 1.82) is 0 Å². The van der Waals surface area contributed by atoms with E-state index in [0.29, 0.717) is 40.5 Å². The molecule has 3 N–H and O–H groups in total. The highest BCUT2D eigenvalue weighted by molar-refractivity contribution is 6.18. The lowest BCUT2D eigenvalue weighted by atomic mass is 10.0. The molecule has 4 aromatic rings. The van der Waals surface area contributed by atoms with Crippen LogP contribution in [0.5, 0.6) is 5.75 Å². The minimum atomic E-state index is -1.01. The summed E-state index contributed by atoms with van der Waals surface area (Å²) in [7, 11) is 0. The number of aromatic hydroxyl groups is 1. The van der Waals surface area contributed by atoms with Gasteiger partial charge in [0, 0.05) is 11.9 Å². The third-order valence-electron chi connectivity index (χ3n) is 4.98. The number of carbonyl (C=O) groups is 2. The zero-order valence-corrected chi connectivity index (χ0v) is 15.7. The molecule has 7 heteroatoms. The molecule has 0 radical (unpaired) electrons. The Hall–Kier alpha value is -3.87. The number of fused-ring (bicyclic) bond motifs is 3. The molecule has 0 aliphatic carbocycles. The first-order valence-corrected chi connectivity index (χ1v) is 9.08. The number of aliphatic carboxylic acids is 1. The number of hydrogen-bond acceptors (Lipinski definition) is 4. The first-order valence-electron chi connectivity index (χ1n) is 9.08. The molecule has 1 amide bonds. The fourth-order valence-electron chi connectivity index (χ4n) is 3.84. The van der Waals surface area contributed by atoms with Crippen LogP contribution in [-0.4, -0.2) is 32.1 Å². The van der Waals surface area contributed by atoms with Gasteiger partial charge in [-0.15, -0.1) is 0 Å². The number of aromatic nitrogens is 2. The molecule has 0 fully saturated rings. The summed E-state index contributed by atoms with van der Waals surface area (Å²) in [5, 5.41) is 23.6. The molecular formula is C22H19N3O4. The fourth-order valence-corrected chi connectivity index (χ4v) is 3.84. The van der Waals surface area contributed by atoms with Gasteiger partial charge in [-0.05, 0) is 24.1 Å². The Morgan fingerprint density at radius 3 is 2.72 bits per heavy atom. The largest absolute Gasteiger partial charge is 0.506 e. The summed E-state index contributed by atoms with van der Waals surface area (Å²) < 4.78 is 2.01. The number of carboxylic acid groups (broad SMARTS) is 1. The van der Waals surface area contributed by atoms with E-state index in [-0.39, 0.29) is 12.2 Å². The lowest BCUT2D eigenvalue weighted by molar-refractivity contribution is -0.136. The van der Waals surface area contributed by atoms with E-state index in [1.165, 1.54) is 6.20 Å². The number of nitrogens with one attached hydrogen (secondary N) is 1. The van der Waals surface area contributed by atoms with Crippen molar-refractivity contribution in [3.63, 3.8) is 0 Å². The van der Waals surface area contributed by atoms with Crippen LogP contribution in [-0.2, 0) is 22.6 Å². The predicted octanol–water partition coefficient (Wildman–Crippen LogP) is 3.45. The van der Waals surface area contributed by atoms with Gasteiger partial charge in [-0.2, -0.15) is 0 Å². The Labute approximate surface area is 166 Å². The van der Waals surface area contributed by atoms with Gasteiger partial charge in [0.2, 0.25) is 6.41 Å². The molecule has 0 bridgehead atoms. The summed E-state index contributed by atoms with van der Waals surface area (Å²) in [6.45, 7) is 2.55. The van der Waals surface area contributed by atoms with Crippen LogP contribution in [0.3, 0.4) is 0 Å². The van der Waals surface area contributed by atoms with Gasteiger partial charge < -0.3 is 20.1 Å². The number of nitrogens with zero attached hydrogens (tertiary/aromatic N) is 2. The van der Waals surface area contributed by atoms with E-state index in [9.17, 15) is 19.8 Å². The number of rotatable bonds is 6. The van der Waals surface area contributed by atoms with Crippen LogP contribution in [0.4, 0.5) is 5.69 Å². The zero-order valence-electron chi connectivity index (χ0n) is 15.7. The smallest absolute Gasteiger partial charge is 0.307 e. The lowest BCUT2D eigenvalue weighted by Crippen LogP contribution is -2.06. The second-order valence-corrected chi connectivity index (χ2v) is 6.95. The molecule has 2 aromatic carbocycles. The van der Waals surface area contributed by atoms with Crippen LogP contribution in [0, 0.1) is 6.92 Å². The molecule has 0 aliphatic rings. The van der Waals surface area contributed by atoms with Crippen LogP contribution >= 0.6 is 0 Å². The second-order valence-electron chi connectivity index (χ2n) is 6.95. The maximum Gasteiger partial charge on any atom is 0.307 e. The number of anilines is 1. The van der Waals surface area contributed by atoms with E-state index in [2.05, 4.69) is 16.4 Å². The van der Waals surface area contributed by atoms with Crippen molar-refractivity contribution in [2.45, 2.75) is 19.9 Å². The van der Waals surface area contributed by atoms with Crippen LogP contribution < -0.4 is 5.32 Å². The highest BCUT2D eigenvalue weighted by Crippen LogP contribution is 2.40. The Bertz CT molecular complexity index is 1260. The topological polar surface area (TPSA) is 104 Å². The maximum absolute atomic E-state index is 11.3. The second kappa shape index (κ2) is 7.27. The monoisotopic (exact) mass is 389 g/mol. The van der Waals surface area contributed by atoms with Crippen LogP contribution in [0.2, 0.25) is 0 Å². The highest BCUT2D eigenvalue weighted by atomic mass is 16.4. The number of benzene rings is 2. The van der Waals surface area contributed by atoms with Crippen molar-refractivity contribution in [1.82, 2.24) is 9.55 Å². The summed E-state index contributed by atoms with van der Waals surface area (Å²) in [6, 6.07) is 11.6. The lowest BCUT2D eigenvalue weighted by Gasteiger charge is -2.11. The normalized spacial score (nSPS) is 11.1. The summed E-state index contributed by atoms with van der Waals surface area (Å²) in [5.74, 6) is -1.04. The standard InChI is InChI=1S/C22H19N3O4/c1-13-3-2-4-14(7-13)11-25-16-6-5-15(8-19(28)29)22(24-12-26)21(16)20-17(25)9-23-10-18(20)27/h2-7,9-10,12,27H,8,11H2,1H3,(H,24,26)(H,28,29). The molecule has 29 heavy (non-hydrogen) atoms. The van der Waals surface area contributed by atoms with E-state index in [4.69, 9.17) is 0 Å². The molecule has 2 heterocycles. The molecule has 7 nitrogen and oxygen atoms in total. The van der Waals surface area contributed by atoms with Gasteiger partial charge in [0.25, 0.3) is 0 Å².